The number of hydrogen-bond donors (Lipinski definition) is 0. The lowest BCUT2D eigenvalue weighted by atomic mass is 9.68. The summed E-state index contributed by atoms with van der Waals surface area (Å²) < 4.78 is 40.6. The van der Waals surface area contributed by atoms with Gasteiger partial charge in [0.2, 0.25) is 0 Å². The lowest BCUT2D eigenvalue weighted by Gasteiger charge is -2.37. The van der Waals surface area contributed by atoms with E-state index in [9.17, 15) is 13.2 Å². The second-order valence-corrected chi connectivity index (χ2v) is 10.1. The van der Waals surface area contributed by atoms with Crippen LogP contribution in [0.25, 0.3) is 0 Å². The van der Waals surface area contributed by atoms with Crippen LogP contribution < -0.4 is 4.74 Å². The summed E-state index contributed by atoms with van der Waals surface area (Å²) in [4.78, 5) is 0. The van der Waals surface area contributed by atoms with Crippen molar-refractivity contribution in [2.24, 2.45) is 23.7 Å². The molecule has 0 heterocycles. The van der Waals surface area contributed by atoms with Gasteiger partial charge in [0, 0.05) is 0 Å². The van der Waals surface area contributed by atoms with Gasteiger partial charge in [0.15, 0.2) is 0 Å². The Morgan fingerprint density at radius 2 is 1.50 bits per heavy atom. The van der Waals surface area contributed by atoms with Gasteiger partial charge in [0.05, 0.1) is 0 Å². The Kier molecular flexibility index (Phi) is 9.99. The summed E-state index contributed by atoms with van der Waals surface area (Å²) in [5, 5.41) is 0. The van der Waals surface area contributed by atoms with Crippen molar-refractivity contribution in [3.05, 3.63) is 42.0 Å². The van der Waals surface area contributed by atoms with E-state index in [1.807, 2.05) is 0 Å². The van der Waals surface area contributed by atoms with Crippen molar-refractivity contribution in [2.75, 3.05) is 0 Å². The minimum absolute atomic E-state index is 0.154. The third-order valence-electron chi connectivity index (χ3n) is 7.76. The number of ether oxygens (including phenoxy) is 1. The fraction of sp³-hybridized carbons (Fsp3) is 0.714. The molecule has 0 aliphatic heterocycles. The van der Waals surface area contributed by atoms with Crippen molar-refractivity contribution in [2.45, 2.75) is 103 Å². The molecule has 0 saturated heterocycles. The number of aryl methyl sites for hydroxylation is 1. The van der Waals surface area contributed by atoms with Gasteiger partial charge in [0.25, 0.3) is 0 Å². The van der Waals surface area contributed by atoms with Crippen molar-refractivity contribution in [3.8, 4) is 5.75 Å². The van der Waals surface area contributed by atoms with Gasteiger partial charge in [-0.25, -0.2) is 0 Å². The van der Waals surface area contributed by atoms with E-state index in [-0.39, 0.29) is 5.75 Å². The van der Waals surface area contributed by atoms with Crippen LogP contribution in [-0.4, -0.2) is 6.36 Å². The number of rotatable bonds is 10. The molecule has 2 aliphatic rings. The number of benzene rings is 1. The smallest absolute Gasteiger partial charge is 0.406 e. The minimum atomic E-state index is -4.63. The molecule has 1 nitrogen and oxygen atoms in total. The molecule has 0 unspecified atom stereocenters. The van der Waals surface area contributed by atoms with Crippen LogP contribution in [0.5, 0.6) is 5.75 Å². The molecule has 1 aromatic carbocycles. The van der Waals surface area contributed by atoms with E-state index in [2.05, 4.69) is 23.8 Å². The average molecular weight is 451 g/mol. The fourth-order valence-corrected chi connectivity index (χ4v) is 5.84. The van der Waals surface area contributed by atoms with Gasteiger partial charge in [0.1, 0.15) is 5.75 Å². The number of allylic oxidation sites excluding steroid dienone is 2. The minimum Gasteiger partial charge on any atom is -0.406 e. The van der Waals surface area contributed by atoms with E-state index in [1.54, 1.807) is 12.1 Å². The van der Waals surface area contributed by atoms with E-state index < -0.39 is 6.36 Å². The first-order valence-corrected chi connectivity index (χ1v) is 12.9. The van der Waals surface area contributed by atoms with Crippen LogP contribution in [0.2, 0.25) is 0 Å². The van der Waals surface area contributed by atoms with Crippen LogP contribution in [0.1, 0.15) is 96.0 Å². The summed E-state index contributed by atoms with van der Waals surface area (Å²) in [6.45, 7) is 2.29. The van der Waals surface area contributed by atoms with Gasteiger partial charge < -0.3 is 4.74 Å². The van der Waals surface area contributed by atoms with Crippen LogP contribution in [0.3, 0.4) is 0 Å². The number of unbranched alkanes of at least 4 members (excludes halogenated alkanes) is 2. The highest BCUT2D eigenvalue weighted by Crippen LogP contribution is 2.42. The van der Waals surface area contributed by atoms with E-state index in [4.69, 9.17) is 0 Å². The number of alkyl halides is 3. The van der Waals surface area contributed by atoms with Crippen LogP contribution >= 0.6 is 0 Å². The van der Waals surface area contributed by atoms with Crippen molar-refractivity contribution in [1.29, 1.82) is 0 Å². The Hall–Kier alpha value is -1.45. The molecule has 4 heteroatoms. The molecule has 0 radical (unpaired) electrons. The molecule has 3 rings (SSSR count). The van der Waals surface area contributed by atoms with Gasteiger partial charge in [-0.3, -0.25) is 0 Å². The highest BCUT2D eigenvalue weighted by atomic mass is 19.4. The molecule has 2 fully saturated rings. The van der Waals surface area contributed by atoms with Crippen LogP contribution in [0, 0.1) is 23.7 Å². The summed E-state index contributed by atoms with van der Waals surface area (Å²) in [5.74, 6) is 3.49. The first-order chi connectivity index (χ1) is 15.4. The molecule has 180 valence electrons. The van der Waals surface area contributed by atoms with Crippen LogP contribution in [-0.2, 0) is 6.42 Å². The average Bonchev–Trinajstić information content (AvgIpc) is 2.78. The summed E-state index contributed by atoms with van der Waals surface area (Å²) >= 11 is 0. The predicted octanol–water partition coefficient (Wildman–Crippen LogP) is 9.27. The molecule has 0 N–H and O–H groups in total. The zero-order valence-electron chi connectivity index (χ0n) is 19.7. The standard InChI is InChI=1S/C28H41F3O/c1-2-3-4-7-22-10-16-25(17-11-22)26-18-12-23(13-19-26)8-5-6-9-24-14-20-27(21-15-24)32-28(29,30)31/h5,8,14-15,20-23,25-26H,2-4,6-7,9-13,16-19H2,1H3/b8-5+. The highest BCUT2D eigenvalue weighted by molar-refractivity contribution is 5.27. The SMILES string of the molecule is CCCCCC1CCC(C2CCC(/C=C/CCc3ccc(OC(F)(F)F)cc3)CC2)CC1. The van der Waals surface area contributed by atoms with Crippen molar-refractivity contribution in [1.82, 2.24) is 0 Å². The number of halogens is 3. The van der Waals surface area contributed by atoms with Gasteiger partial charge in [-0.05, 0) is 92.7 Å². The largest absolute Gasteiger partial charge is 0.573 e. The maximum atomic E-state index is 12.2. The Morgan fingerprint density at radius 1 is 0.875 bits per heavy atom. The lowest BCUT2D eigenvalue weighted by Crippen LogP contribution is -2.25. The molecular weight excluding hydrogens is 409 g/mol. The third kappa shape index (κ3) is 8.83. The quantitative estimate of drug-likeness (QED) is 0.255. The van der Waals surface area contributed by atoms with E-state index >= 15 is 0 Å². The summed E-state index contributed by atoms with van der Waals surface area (Å²) in [5.41, 5.74) is 1.04. The molecular formula is C28H41F3O. The molecule has 0 amide bonds. The number of hydrogen-bond acceptors (Lipinski definition) is 1. The lowest BCUT2D eigenvalue weighted by molar-refractivity contribution is -0.274. The first-order valence-electron chi connectivity index (χ1n) is 12.9. The Bertz CT molecular complexity index is 663. The second kappa shape index (κ2) is 12.7. The molecule has 0 spiro atoms. The fourth-order valence-electron chi connectivity index (χ4n) is 5.84. The zero-order chi connectivity index (χ0) is 22.8. The summed E-state index contributed by atoms with van der Waals surface area (Å²) in [6.07, 6.45) is 18.7. The van der Waals surface area contributed by atoms with E-state index in [1.165, 1.54) is 89.2 Å². The van der Waals surface area contributed by atoms with Gasteiger partial charge in [-0.2, -0.15) is 0 Å². The van der Waals surface area contributed by atoms with Crippen molar-refractivity contribution in [3.63, 3.8) is 0 Å². The predicted molar refractivity (Wildman–Crippen MR) is 126 cm³/mol. The van der Waals surface area contributed by atoms with E-state index in [0.29, 0.717) is 5.92 Å². The normalized spacial score (nSPS) is 27.0. The molecule has 0 bridgehead atoms. The Balaban J connectivity index is 1.30. The Morgan fingerprint density at radius 3 is 2.09 bits per heavy atom. The molecule has 0 aromatic heterocycles. The summed E-state index contributed by atoms with van der Waals surface area (Å²) in [7, 11) is 0. The Labute approximate surface area is 192 Å². The topological polar surface area (TPSA) is 9.23 Å². The van der Waals surface area contributed by atoms with Crippen molar-refractivity contribution >= 4 is 0 Å². The first kappa shape index (κ1) is 25.2. The molecule has 32 heavy (non-hydrogen) atoms. The highest BCUT2D eigenvalue weighted by Gasteiger charge is 2.31. The molecule has 2 saturated carbocycles. The second-order valence-electron chi connectivity index (χ2n) is 10.1. The van der Waals surface area contributed by atoms with Gasteiger partial charge in [-0.1, -0.05) is 69.7 Å². The maximum absolute atomic E-state index is 12.2. The molecule has 2 aliphatic carbocycles. The van der Waals surface area contributed by atoms with Crippen LogP contribution in [0.15, 0.2) is 36.4 Å². The molecule has 1 aromatic rings. The van der Waals surface area contributed by atoms with Gasteiger partial charge >= 0.3 is 6.36 Å². The third-order valence-corrected chi connectivity index (χ3v) is 7.76. The van der Waals surface area contributed by atoms with Crippen LogP contribution in [0.4, 0.5) is 13.2 Å². The van der Waals surface area contributed by atoms with Crippen molar-refractivity contribution < 1.29 is 17.9 Å². The van der Waals surface area contributed by atoms with Gasteiger partial charge in [-0.15, -0.1) is 13.2 Å². The van der Waals surface area contributed by atoms with E-state index in [0.717, 1.165) is 36.2 Å². The zero-order valence-corrected chi connectivity index (χ0v) is 19.7. The monoisotopic (exact) mass is 450 g/mol. The summed E-state index contributed by atoms with van der Waals surface area (Å²) in [6, 6.07) is 6.23. The molecule has 0 atom stereocenters. The maximum Gasteiger partial charge on any atom is 0.573 e.